The number of amides is 2. The minimum atomic E-state index is -1.14. The van der Waals surface area contributed by atoms with Gasteiger partial charge in [-0.1, -0.05) is 23.7 Å². The van der Waals surface area contributed by atoms with Crippen molar-refractivity contribution < 1.29 is 19.1 Å². The standard InChI is InChI=1S/C20H19ClN2O4/c1-12-11-13(21)7-8-15(12)22-18(25)20(9-10-20)19(26)23-16-6-4-3-5-14(16)17(24)27-2/h3-8,11H,9-10H2,1-2H3,(H,22,25)(H,23,26). The molecule has 3 rings (SSSR count). The first-order valence-electron chi connectivity index (χ1n) is 8.44. The normalized spacial score (nSPS) is 14.2. The summed E-state index contributed by atoms with van der Waals surface area (Å²) in [6, 6.07) is 11.6. The van der Waals surface area contributed by atoms with Gasteiger partial charge in [0.2, 0.25) is 11.8 Å². The molecule has 1 fully saturated rings. The number of ether oxygens (including phenoxy) is 1. The van der Waals surface area contributed by atoms with Crippen LogP contribution in [0.25, 0.3) is 0 Å². The Balaban J connectivity index is 1.77. The second kappa shape index (κ2) is 7.40. The number of para-hydroxylation sites is 1. The molecule has 0 spiro atoms. The number of rotatable bonds is 5. The molecule has 0 radical (unpaired) electrons. The molecule has 1 aliphatic carbocycles. The highest BCUT2D eigenvalue weighted by molar-refractivity contribution is 6.30. The van der Waals surface area contributed by atoms with Crippen molar-refractivity contribution in [2.75, 3.05) is 17.7 Å². The van der Waals surface area contributed by atoms with E-state index in [1.54, 1.807) is 42.5 Å². The van der Waals surface area contributed by atoms with Gasteiger partial charge < -0.3 is 15.4 Å². The fourth-order valence-corrected chi connectivity index (χ4v) is 3.04. The first kappa shape index (κ1) is 18.9. The quantitative estimate of drug-likeness (QED) is 0.604. The Morgan fingerprint density at radius 3 is 2.22 bits per heavy atom. The third-order valence-corrected chi connectivity index (χ3v) is 4.87. The first-order valence-corrected chi connectivity index (χ1v) is 8.81. The molecule has 2 aromatic carbocycles. The number of hydrogen-bond donors (Lipinski definition) is 2. The predicted octanol–water partition coefficient (Wildman–Crippen LogP) is 3.79. The Kier molecular flexibility index (Phi) is 5.19. The van der Waals surface area contributed by atoms with E-state index in [0.29, 0.717) is 29.2 Å². The summed E-state index contributed by atoms with van der Waals surface area (Å²) >= 11 is 5.93. The number of halogens is 1. The van der Waals surface area contributed by atoms with Crippen LogP contribution in [0.1, 0.15) is 28.8 Å². The molecule has 0 aromatic heterocycles. The highest BCUT2D eigenvalue weighted by Gasteiger charge is 2.56. The number of nitrogens with one attached hydrogen (secondary N) is 2. The topological polar surface area (TPSA) is 84.5 Å². The lowest BCUT2D eigenvalue weighted by Crippen LogP contribution is -2.36. The molecule has 6 nitrogen and oxygen atoms in total. The van der Waals surface area contributed by atoms with Gasteiger partial charge >= 0.3 is 5.97 Å². The zero-order valence-electron chi connectivity index (χ0n) is 15.0. The van der Waals surface area contributed by atoms with E-state index in [-0.39, 0.29) is 11.5 Å². The van der Waals surface area contributed by atoms with Gasteiger partial charge in [-0.05, 0) is 55.7 Å². The van der Waals surface area contributed by atoms with Crippen LogP contribution in [0.5, 0.6) is 0 Å². The molecule has 1 aliphatic rings. The van der Waals surface area contributed by atoms with Crippen molar-refractivity contribution in [2.24, 2.45) is 5.41 Å². The summed E-state index contributed by atoms with van der Waals surface area (Å²) < 4.78 is 4.73. The first-order chi connectivity index (χ1) is 12.9. The number of benzene rings is 2. The van der Waals surface area contributed by atoms with Crippen molar-refractivity contribution in [3.05, 3.63) is 58.6 Å². The maximum atomic E-state index is 12.8. The Morgan fingerprint density at radius 1 is 1.00 bits per heavy atom. The molecule has 0 aliphatic heterocycles. The van der Waals surface area contributed by atoms with Gasteiger partial charge in [-0.15, -0.1) is 0 Å². The minimum Gasteiger partial charge on any atom is -0.465 e. The number of aryl methyl sites for hydroxylation is 1. The number of anilines is 2. The largest absolute Gasteiger partial charge is 0.465 e. The average Bonchev–Trinajstić information content (AvgIpc) is 3.46. The Labute approximate surface area is 161 Å². The van der Waals surface area contributed by atoms with Crippen LogP contribution < -0.4 is 10.6 Å². The van der Waals surface area contributed by atoms with E-state index in [4.69, 9.17) is 16.3 Å². The lowest BCUT2D eigenvalue weighted by molar-refractivity contribution is -0.131. The third kappa shape index (κ3) is 3.80. The van der Waals surface area contributed by atoms with Gasteiger partial charge in [0.15, 0.2) is 0 Å². The highest BCUT2D eigenvalue weighted by Crippen LogP contribution is 2.47. The van der Waals surface area contributed by atoms with E-state index in [0.717, 1.165) is 5.56 Å². The second-order valence-corrected chi connectivity index (χ2v) is 6.92. The lowest BCUT2D eigenvalue weighted by Gasteiger charge is -2.17. The van der Waals surface area contributed by atoms with Crippen LogP contribution in [0, 0.1) is 12.3 Å². The number of methoxy groups -OCH3 is 1. The molecular formula is C20H19ClN2O4. The molecule has 2 N–H and O–H groups in total. The average molecular weight is 387 g/mol. The fraction of sp³-hybridized carbons (Fsp3) is 0.250. The van der Waals surface area contributed by atoms with Crippen molar-refractivity contribution in [1.29, 1.82) is 0 Å². The van der Waals surface area contributed by atoms with Crippen molar-refractivity contribution in [3.63, 3.8) is 0 Å². The Hall–Kier alpha value is -2.86. The highest BCUT2D eigenvalue weighted by atomic mass is 35.5. The molecule has 140 valence electrons. The van der Waals surface area contributed by atoms with Gasteiger partial charge in [-0.2, -0.15) is 0 Å². The minimum absolute atomic E-state index is 0.234. The maximum absolute atomic E-state index is 12.8. The van der Waals surface area contributed by atoms with E-state index in [9.17, 15) is 14.4 Å². The summed E-state index contributed by atoms with van der Waals surface area (Å²) in [4.78, 5) is 37.4. The lowest BCUT2D eigenvalue weighted by atomic mass is 10.0. The van der Waals surface area contributed by atoms with Gasteiger partial charge in [0.1, 0.15) is 5.41 Å². The van der Waals surface area contributed by atoms with Gasteiger partial charge in [-0.3, -0.25) is 9.59 Å². The fourth-order valence-electron chi connectivity index (χ4n) is 2.81. The Bertz CT molecular complexity index is 922. The summed E-state index contributed by atoms with van der Waals surface area (Å²) in [6.45, 7) is 1.83. The van der Waals surface area contributed by atoms with Gasteiger partial charge in [0.05, 0.1) is 18.4 Å². The molecule has 2 amide bonds. The summed E-state index contributed by atoms with van der Waals surface area (Å²) in [5.41, 5.74) is 0.825. The van der Waals surface area contributed by atoms with Gasteiger partial charge in [0.25, 0.3) is 0 Å². The second-order valence-electron chi connectivity index (χ2n) is 6.49. The van der Waals surface area contributed by atoms with Crippen LogP contribution in [0.2, 0.25) is 5.02 Å². The number of esters is 1. The van der Waals surface area contributed by atoms with Crippen LogP contribution >= 0.6 is 11.6 Å². The van der Waals surface area contributed by atoms with Gasteiger partial charge in [0, 0.05) is 10.7 Å². The number of carbonyl (C=O) groups excluding carboxylic acids is 3. The molecule has 27 heavy (non-hydrogen) atoms. The monoisotopic (exact) mass is 386 g/mol. The van der Waals surface area contributed by atoms with Crippen LogP contribution in [-0.4, -0.2) is 24.9 Å². The van der Waals surface area contributed by atoms with Crippen molar-refractivity contribution in [3.8, 4) is 0 Å². The molecule has 2 aromatic rings. The SMILES string of the molecule is COC(=O)c1ccccc1NC(=O)C1(C(=O)Nc2ccc(Cl)cc2C)CC1. The molecule has 0 unspecified atom stereocenters. The van der Waals surface area contributed by atoms with Crippen molar-refractivity contribution in [1.82, 2.24) is 0 Å². The smallest absolute Gasteiger partial charge is 0.339 e. The van der Waals surface area contributed by atoms with Crippen LogP contribution in [0.15, 0.2) is 42.5 Å². The summed E-state index contributed by atoms with van der Waals surface area (Å²) in [5, 5.41) is 6.08. The zero-order valence-corrected chi connectivity index (χ0v) is 15.7. The molecule has 0 heterocycles. The van der Waals surface area contributed by atoms with Crippen LogP contribution in [0.4, 0.5) is 11.4 Å². The molecule has 1 saturated carbocycles. The van der Waals surface area contributed by atoms with E-state index in [2.05, 4.69) is 10.6 Å². The molecule has 7 heteroatoms. The molecular weight excluding hydrogens is 368 g/mol. The molecule has 0 saturated heterocycles. The Morgan fingerprint density at radius 2 is 1.63 bits per heavy atom. The number of hydrogen-bond acceptors (Lipinski definition) is 4. The zero-order chi connectivity index (χ0) is 19.6. The summed E-state index contributed by atoms with van der Waals surface area (Å²) in [5.74, 6) is -1.37. The molecule has 0 bridgehead atoms. The number of carbonyl (C=O) groups is 3. The van der Waals surface area contributed by atoms with Crippen molar-refractivity contribution >= 4 is 40.8 Å². The van der Waals surface area contributed by atoms with Crippen molar-refractivity contribution in [2.45, 2.75) is 19.8 Å². The van der Waals surface area contributed by atoms with Crippen LogP contribution in [0.3, 0.4) is 0 Å². The van der Waals surface area contributed by atoms with E-state index in [1.807, 2.05) is 6.92 Å². The maximum Gasteiger partial charge on any atom is 0.339 e. The van der Waals surface area contributed by atoms with Crippen LogP contribution in [-0.2, 0) is 14.3 Å². The summed E-state index contributed by atoms with van der Waals surface area (Å²) in [7, 11) is 1.27. The van der Waals surface area contributed by atoms with E-state index < -0.39 is 17.3 Å². The molecule has 0 atom stereocenters. The summed E-state index contributed by atoms with van der Waals surface area (Å²) in [6.07, 6.45) is 0.884. The van der Waals surface area contributed by atoms with Gasteiger partial charge in [-0.25, -0.2) is 4.79 Å². The predicted molar refractivity (Wildman–Crippen MR) is 103 cm³/mol. The third-order valence-electron chi connectivity index (χ3n) is 4.64. The van der Waals surface area contributed by atoms with E-state index >= 15 is 0 Å². The van der Waals surface area contributed by atoms with E-state index in [1.165, 1.54) is 7.11 Å².